The molecule has 0 unspecified atom stereocenters. The van der Waals surface area contributed by atoms with E-state index in [1.165, 1.54) is 0 Å². The normalized spacial score (nSPS) is 10.6. The van der Waals surface area contributed by atoms with Crippen LogP contribution >= 0.6 is 0 Å². The van der Waals surface area contributed by atoms with Gasteiger partial charge in [0.15, 0.2) is 0 Å². The molecular formula is C20H27NO2. The fraction of sp³-hybridized carbons (Fsp3) is 0.400. The second-order valence-corrected chi connectivity index (χ2v) is 6.01. The maximum atomic E-state index is 5.89. The van der Waals surface area contributed by atoms with Crippen molar-refractivity contribution in [1.82, 2.24) is 0 Å². The Morgan fingerprint density at radius 1 is 0.913 bits per heavy atom. The summed E-state index contributed by atoms with van der Waals surface area (Å²) in [5.41, 5.74) is 2.16. The summed E-state index contributed by atoms with van der Waals surface area (Å²) in [7, 11) is 0. The summed E-state index contributed by atoms with van der Waals surface area (Å²) in [6, 6.07) is 16.2. The Balaban J connectivity index is 2.03. The molecule has 0 aliphatic carbocycles. The number of nitrogens with one attached hydrogen (secondary N) is 1. The van der Waals surface area contributed by atoms with Crippen molar-refractivity contribution in [3.05, 3.63) is 54.1 Å². The van der Waals surface area contributed by atoms with Crippen molar-refractivity contribution >= 4 is 5.69 Å². The smallest absolute Gasteiger partial charge is 0.142 e. The van der Waals surface area contributed by atoms with Crippen molar-refractivity contribution in [2.24, 2.45) is 5.92 Å². The minimum Gasteiger partial charge on any atom is -0.493 e. The molecule has 0 saturated heterocycles. The van der Waals surface area contributed by atoms with Gasteiger partial charge in [0, 0.05) is 12.1 Å². The first-order valence-electron chi connectivity index (χ1n) is 8.37. The summed E-state index contributed by atoms with van der Waals surface area (Å²) >= 11 is 0. The molecule has 1 N–H and O–H groups in total. The van der Waals surface area contributed by atoms with Gasteiger partial charge < -0.3 is 14.8 Å². The maximum absolute atomic E-state index is 5.89. The molecule has 0 heterocycles. The van der Waals surface area contributed by atoms with Crippen molar-refractivity contribution < 1.29 is 9.47 Å². The van der Waals surface area contributed by atoms with E-state index in [0.717, 1.165) is 42.4 Å². The van der Waals surface area contributed by atoms with Gasteiger partial charge in [-0.15, -0.1) is 0 Å². The first kappa shape index (κ1) is 17.2. The monoisotopic (exact) mass is 313 g/mol. The van der Waals surface area contributed by atoms with Gasteiger partial charge in [-0.25, -0.2) is 0 Å². The molecule has 0 atom stereocenters. The third kappa shape index (κ3) is 5.51. The topological polar surface area (TPSA) is 30.5 Å². The van der Waals surface area contributed by atoms with E-state index >= 15 is 0 Å². The molecular weight excluding hydrogens is 286 g/mol. The number of rotatable bonds is 9. The number of para-hydroxylation sites is 3. The van der Waals surface area contributed by atoms with E-state index in [9.17, 15) is 0 Å². The molecule has 2 aromatic rings. The summed E-state index contributed by atoms with van der Waals surface area (Å²) in [6.07, 6.45) is 1.01. The van der Waals surface area contributed by atoms with Crippen LogP contribution in [0, 0.1) is 5.92 Å². The number of benzene rings is 2. The van der Waals surface area contributed by atoms with Gasteiger partial charge in [-0.05, 0) is 30.5 Å². The second kappa shape index (κ2) is 9.09. The largest absolute Gasteiger partial charge is 0.493 e. The first-order valence-corrected chi connectivity index (χ1v) is 8.37. The van der Waals surface area contributed by atoms with Gasteiger partial charge in [0.05, 0.1) is 18.9 Å². The van der Waals surface area contributed by atoms with Crippen LogP contribution in [0.5, 0.6) is 11.5 Å². The standard InChI is InChI=1S/C20H27NO2/c1-4-13-22-19-11-7-5-9-17(19)14-21-18-10-6-8-12-20(18)23-15-16(2)3/h5-12,16,21H,4,13-15H2,1-3H3. The van der Waals surface area contributed by atoms with E-state index in [2.05, 4.69) is 32.2 Å². The third-order valence-electron chi connectivity index (χ3n) is 3.36. The van der Waals surface area contributed by atoms with Crippen molar-refractivity contribution in [1.29, 1.82) is 0 Å². The van der Waals surface area contributed by atoms with E-state index in [1.54, 1.807) is 0 Å². The molecule has 0 fully saturated rings. The molecule has 0 spiro atoms. The van der Waals surface area contributed by atoms with Crippen LogP contribution in [0.1, 0.15) is 32.8 Å². The van der Waals surface area contributed by atoms with Crippen LogP contribution in [0.4, 0.5) is 5.69 Å². The predicted molar refractivity (Wildman–Crippen MR) is 96.3 cm³/mol. The van der Waals surface area contributed by atoms with Crippen molar-refractivity contribution in [2.75, 3.05) is 18.5 Å². The number of hydrogen-bond acceptors (Lipinski definition) is 3. The van der Waals surface area contributed by atoms with Gasteiger partial charge >= 0.3 is 0 Å². The molecule has 23 heavy (non-hydrogen) atoms. The van der Waals surface area contributed by atoms with Crippen molar-refractivity contribution in [3.8, 4) is 11.5 Å². The third-order valence-corrected chi connectivity index (χ3v) is 3.36. The molecule has 0 amide bonds. The Kier molecular flexibility index (Phi) is 6.79. The Morgan fingerprint density at radius 3 is 2.35 bits per heavy atom. The van der Waals surface area contributed by atoms with E-state index in [0.29, 0.717) is 12.5 Å². The molecule has 0 radical (unpaired) electrons. The molecule has 0 aliphatic heterocycles. The fourth-order valence-corrected chi connectivity index (χ4v) is 2.19. The SMILES string of the molecule is CCCOc1ccccc1CNc1ccccc1OCC(C)C. The Labute approximate surface area is 139 Å². The highest BCUT2D eigenvalue weighted by atomic mass is 16.5. The van der Waals surface area contributed by atoms with Gasteiger partial charge in [-0.1, -0.05) is 51.1 Å². The van der Waals surface area contributed by atoms with Gasteiger partial charge in [0.1, 0.15) is 11.5 Å². The van der Waals surface area contributed by atoms with Crippen LogP contribution in [-0.4, -0.2) is 13.2 Å². The zero-order chi connectivity index (χ0) is 16.5. The number of ether oxygens (including phenoxy) is 2. The molecule has 2 aromatic carbocycles. The fourth-order valence-electron chi connectivity index (χ4n) is 2.19. The highest BCUT2D eigenvalue weighted by Crippen LogP contribution is 2.26. The molecule has 124 valence electrons. The number of anilines is 1. The van der Waals surface area contributed by atoms with E-state index in [1.807, 2.05) is 42.5 Å². The van der Waals surface area contributed by atoms with Crippen LogP contribution in [0.3, 0.4) is 0 Å². The molecule has 3 nitrogen and oxygen atoms in total. The second-order valence-electron chi connectivity index (χ2n) is 6.01. The highest BCUT2D eigenvalue weighted by Gasteiger charge is 2.06. The lowest BCUT2D eigenvalue weighted by atomic mass is 10.2. The van der Waals surface area contributed by atoms with Crippen molar-refractivity contribution in [2.45, 2.75) is 33.7 Å². The lowest BCUT2D eigenvalue weighted by molar-refractivity contribution is 0.272. The molecule has 0 aliphatic rings. The summed E-state index contributed by atoms with van der Waals surface area (Å²) in [5, 5.41) is 3.47. The lowest BCUT2D eigenvalue weighted by Gasteiger charge is -2.16. The zero-order valence-corrected chi connectivity index (χ0v) is 14.3. The van der Waals surface area contributed by atoms with Crippen LogP contribution in [0.15, 0.2) is 48.5 Å². The molecule has 0 saturated carbocycles. The first-order chi connectivity index (χ1) is 11.2. The minimum absolute atomic E-state index is 0.506. The van der Waals surface area contributed by atoms with Crippen LogP contribution < -0.4 is 14.8 Å². The summed E-state index contributed by atoms with van der Waals surface area (Å²) in [4.78, 5) is 0. The van der Waals surface area contributed by atoms with Gasteiger partial charge in [0.25, 0.3) is 0 Å². The molecule has 0 aromatic heterocycles. The van der Waals surface area contributed by atoms with Crippen LogP contribution in [0.25, 0.3) is 0 Å². The Hall–Kier alpha value is -2.16. The molecule has 2 rings (SSSR count). The van der Waals surface area contributed by atoms with Gasteiger partial charge in [-0.3, -0.25) is 0 Å². The van der Waals surface area contributed by atoms with Crippen LogP contribution in [-0.2, 0) is 6.54 Å². The van der Waals surface area contributed by atoms with E-state index < -0.39 is 0 Å². The highest BCUT2D eigenvalue weighted by molar-refractivity contribution is 5.56. The quantitative estimate of drug-likeness (QED) is 0.697. The average Bonchev–Trinajstić information content (AvgIpc) is 2.57. The van der Waals surface area contributed by atoms with Crippen LogP contribution in [0.2, 0.25) is 0 Å². The van der Waals surface area contributed by atoms with Crippen molar-refractivity contribution in [3.63, 3.8) is 0 Å². The lowest BCUT2D eigenvalue weighted by Crippen LogP contribution is -2.08. The zero-order valence-electron chi connectivity index (χ0n) is 14.3. The summed E-state index contributed by atoms with van der Waals surface area (Å²) in [5.74, 6) is 2.35. The summed E-state index contributed by atoms with van der Waals surface area (Å²) in [6.45, 7) is 8.58. The van der Waals surface area contributed by atoms with Gasteiger partial charge in [0.2, 0.25) is 0 Å². The number of hydrogen-bond donors (Lipinski definition) is 1. The molecule has 0 bridgehead atoms. The molecule has 3 heteroatoms. The van der Waals surface area contributed by atoms with E-state index in [4.69, 9.17) is 9.47 Å². The summed E-state index contributed by atoms with van der Waals surface area (Å²) < 4.78 is 11.7. The maximum Gasteiger partial charge on any atom is 0.142 e. The Morgan fingerprint density at radius 2 is 1.61 bits per heavy atom. The average molecular weight is 313 g/mol. The minimum atomic E-state index is 0.506. The van der Waals surface area contributed by atoms with E-state index in [-0.39, 0.29) is 0 Å². The predicted octanol–water partition coefficient (Wildman–Crippen LogP) is 5.12. The van der Waals surface area contributed by atoms with Gasteiger partial charge in [-0.2, -0.15) is 0 Å². The Bertz CT molecular complexity index is 596.